The molecule has 2 heterocycles. The molecule has 146 valence electrons. The SMILES string of the molecule is O=C(O)CN1CC2(C(=O)N(F)CC2Cc2cccc(Cl)c2)C2=C1C=CC(=O)C2. The largest absolute Gasteiger partial charge is 0.480 e. The molecule has 1 aromatic rings. The van der Waals surface area contributed by atoms with Crippen LogP contribution in [-0.2, 0) is 20.8 Å². The second kappa shape index (κ2) is 6.74. The molecule has 2 unspecified atom stereocenters. The molecule has 1 fully saturated rings. The van der Waals surface area contributed by atoms with Crippen LogP contribution in [0.5, 0.6) is 0 Å². The molecule has 8 heteroatoms. The summed E-state index contributed by atoms with van der Waals surface area (Å²) in [5, 5.41) is 10.0. The number of allylic oxidation sites excluding steroid dienone is 2. The van der Waals surface area contributed by atoms with Crippen molar-refractivity contribution in [2.24, 2.45) is 11.3 Å². The highest BCUT2D eigenvalue weighted by atomic mass is 35.5. The van der Waals surface area contributed by atoms with Gasteiger partial charge in [-0.05, 0) is 41.8 Å². The number of nitrogens with zero attached hydrogens (tertiary/aromatic N) is 2. The van der Waals surface area contributed by atoms with Crippen LogP contribution in [0.25, 0.3) is 0 Å². The lowest BCUT2D eigenvalue weighted by molar-refractivity contribution is -0.147. The van der Waals surface area contributed by atoms with Crippen molar-refractivity contribution in [1.29, 1.82) is 0 Å². The molecule has 2 aliphatic heterocycles. The normalized spacial score (nSPS) is 26.6. The van der Waals surface area contributed by atoms with Gasteiger partial charge in [-0.3, -0.25) is 14.4 Å². The highest BCUT2D eigenvalue weighted by Gasteiger charge is 2.61. The lowest BCUT2D eigenvalue weighted by Crippen LogP contribution is -2.42. The lowest BCUT2D eigenvalue weighted by Gasteiger charge is -2.31. The molecule has 1 N–H and O–H groups in total. The molecule has 1 aliphatic carbocycles. The van der Waals surface area contributed by atoms with Gasteiger partial charge in [0, 0.05) is 29.6 Å². The first-order valence-electron chi connectivity index (χ1n) is 8.94. The number of carboxylic acid groups (broad SMARTS) is 1. The third-order valence-corrected chi connectivity index (χ3v) is 6.02. The number of amides is 1. The Morgan fingerprint density at radius 3 is 2.82 bits per heavy atom. The van der Waals surface area contributed by atoms with E-state index in [1.54, 1.807) is 29.2 Å². The Morgan fingerprint density at radius 1 is 1.32 bits per heavy atom. The van der Waals surface area contributed by atoms with E-state index in [9.17, 15) is 24.0 Å². The van der Waals surface area contributed by atoms with E-state index in [0.29, 0.717) is 22.7 Å². The van der Waals surface area contributed by atoms with Crippen molar-refractivity contribution in [2.75, 3.05) is 19.6 Å². The van der Waals surface area contributed by atoms with Gasteiger partial charge in [0.1, 0.15) is 6.54 Å². The van der Waals surface area contributed by atoms with Crippen LogP contribution in [0.3, 0.4) is 0 Å². The Labute approximate surface area is 165 Å². The second-order valence-electron chi connectivity index (χ2n) is 7.44. The van der Waals surface area contributed by atoms with E-state index in [1.807, 2.05) is 6.07 Å². The summed E-state index contributed by atoms with van der Waals surface area (Å²) in [6, 6.07) is 7.15. The van der Waals surface area contributed by atoms with Gasteiger partial charge in [0.15, 0.2) is 5.78 Å². The minimum Gasteiger partial charge on any atom is -0.480 e. The van der Waals surface area contributed by atoms with E-state index in [2.05, 4.69) is 0 Å². The van der Waals surface area contributed by atoms with Gasteiger partial charge < -0.3 is 10.0 Å². The number of rotatable bonds is 4. The van der Waals surface area contributed by atoms with Gasteiger partial charge in [0.05, 0.1) is 12.0 Å². The third kappa shape index (κ3) is 2.90. The van der Waals surface area contributed by atoms with Gasteiger partial charge in [-0.15, -0.1) is 0 Å². The Hall–Kier alpha value is -2.67. The average molecular weight is 405 g/mol. The van der Waals surface area contributed by atoms with E-state index >= 15 is 0 Å². The fraction of sp³-hybridized carbons (Fsp3) is 0.350. The molecule has 0 aromatic heterocycles. The van der Waals surface area contributed by atoms with Crippen LogP contribution >= 0.6 is 11.6 Å². The number of halogens is 2. The monoisotopic (exact) mass is 404 g/mol. The van der Waals surface area contributed by atoms with Gasteiger partial charge in [0.25, 0.3) is 5.91 Å². The molecule has 3 aliphatic rings. The van der Waals surface area contributed by atoms with Crippen molar-refractivity contribution in [2.45, 2.75) is 12.8 Å². The molecular formula is C20H18ClFN2O4. The van der Waals surface area contributed by atoms with Crippen LogP contribution in [0.15, 0.2) is 47.7 Å². The Balaban J connectivity index is 1.78. The highest BCUT2D eigenvalue weighted by Crippen LogP contribution is 2.53. The van der Waals surface area contributed by atoms with Crippen molar-refractivity contribution in [1.82, 2.24) is 10.0 Å². The topological polar surface area (TPSA) is 77.9 Å². The van der Waals surface area contributed by atoms with Crippen LogP contribution in [0, 0.1) is 11.3 Å². The van der Waals surface area contributed by atoms with Crippen molar-refractivity contribution in [3.8, 4) is 0 Å². The minimum absolute atomic E-state index is 0.00637. The van der Waals surface area contributed by atoms with Gasteiger partial charge >= 0.3 is 5.97 Å². The quantitative estimate of drug-likeness (QED) is 0.780. The van der Waals surface area contributed by atoms with Crippen LogP contribution in [-0.4, -0.2) is 52.4 Å². The van der Waals surface area contributed by atoms with E-state index in [1.165, 1.54) is 6.08 Å². The molecular weight excluding hydrogens is 387 g/mol. The number of ketones is 1. The predicted molar refractivity (Wildman–Crippen MR) is 98.9 cm³/mol. The fourth-order valence-corrected chi connectivity index (χ4v) is 4.86. The number of fused-ring (bicyclic) bond motifs is 1. The fourth-order valence-electron chi connectivity index (χ4n) is 4.65. The van der Waals surface area contributed by atoms with E-state index < -0.39 is 23.2 Å². The summed E-state index contributed by atoms with van der Waals surface area (Å²) in [5.41, 5.74) is 0.680. The zero-order chi connectivity index (χ0) is 20.1. The number of carbonyl (C=O) groups is 3. The highest BCUT2D eigenvalue weighted by molar-refractivity contribution is 6.30. The summed E-state index contributed by atoms with van der Waals surface area (Å²) < 4.78 is 14.5. The maximum atomic E-state index is 14.5. The molecule has 28 heavy (non-hydrogen) atoms. The molecule has 1 spiro atoms. The summed E-state index contributed by atoms with van der Waals surface area (Å²) in [7, 11) is 0. The number of carbonyl (C=O) groups excluding carboxylic acids is 2. The van der Waals surface area contributed by atoms with Crippen LogP contribution in [0.4, 0.5) is 4.48 Å². The molecule has 1 amide bonds. The Bertz CT molecular complexity index is 944. The first kappa shape index (κ1) is 18.7. The van der Waals surface area contributed by atoms with Gasteiger partial charge in [-0.2, -0.15) is 5.12 Å². The number of aliphatic carboxylic acids is 1. The number of benzene rings is 1. The van der Waals surface area contributed by atoms with Gasteiger partial charge in [0.2, 0.25) is 0 Å². The minimum atomic E-state index is -1.25. The summed E-state index contributed by atoms with van der Waals surface area (Å²) in [6.45, 7) is -0.379. The number of hydrogen-bond acceptors (Lipinski definition) is 4. The standard InChI is InChI=1S/C20H18ClFN2O4/c21-14-3-1-2-12(7-14)6-13-9-24(22)19(28)20(13)11-23(10-18(26)27)17-5-4-15(25)8-16(17)20/h1-5,7,13H,6,8-11H2,(H,26,27). The average Bonchev–Trinajstić information content (AvgIpc) is 3.05. The second-order valence-corrected chi connectivity index (χ2v) is 7.88. The van der Waals surface area contributed by atoms with E-state index in [4.69, 9.17) is 11.6 Å². The molecule has 0 bridgehead atoms. The predicted octanol–water partition coefficient (Wildman–Crippen LogP) is 2.40. The van der Waals surface area contributed by atoms with Crippen molar-refractivity contribution >= 4 is 29.3 Å². The molecule has 1 saturated heterocycles. The first-order chi connectivity index (χ1) is 13.3. The number of carboxylic acids is 1. The van der Waals surface area contributed by atoms with Crippen LogP contribution in [0.1, 0.15) is 12.0 Å². The molecule has 0 saturated carbocycles. The van der Waals surface area contributed by atoms with Gasteiger partial charge in [-0.1, -0.05) is 28.2 Å². The van der Waals surface area contributed by atoms with Crippen molar-refractivity contribution < 1.29 is 24.0 Å². The maximum absolute atomic E-state index is 14.5. The summed E-state index contributed by atoms with van der Waals surface area (Å²) >= 11 is 6.06. The molecule has 0 radical (unpaired) electrons. The maximum Gasteiger partial charge on any atom is 0.323 e. The summed E-state index contributed by atoms with van der Waals surface area (Å²) in [6.07, 6.45) is 3.31. The zero-order valence-corrected chi connectivity index (χ0v) is 15.7. The van der Waals surface area contributed by atoms with Gasteiger partial charge in [-0.25, -0.2) is 0 Å². The number of hydrogen-bond donors (Lipinski definition) is 1. The Morgan fingerprint density at radius 2 is 2.11 bits per heavy atom. The molecule has 1 aromatic carbocycles. The Kier molecular flexibility index (Phi) is 4.50. The smallest absolute Gasteiger partial charge is 0.323 e. The van der Waals surface area contributed by atoms with Crippen LogP contribution in [0.2, 0.25) is 5.02 Å². The zero-order valence-electron chi connectivity index (χ0n) is 14.9. The van der Waals surface area contributed by atoms with Crippen molar-refractivity contribution in [3.05, 3.63) is 58.3 Å². The molecule has 6 nitrogen and oxygen atoms in total. The summed E-state index contributed by atoms with van der Waals surface area (Å²) in [4.78, 5) is 37.9. The van der Waals surface area contributed by atoms with E-state index in [-0.39, 0.29) is 37.0 Å². The third-order valence-electron chi connectivity index (χ3n) is 5.78. The van der Waals surface area contributed by atoms with Crippen LogP contribution < -0.4 is 0 Å². The molecule has 4 rings (SSSR count). The van der Waals surface area contributed by atoms with E-state index in [0.717, 1.165) is 5.56 Å². The van der Waals surface area contributed by atoms with Crippen molar-refractivity contribution in [3.63, 3.8) is 0 Å². The first-order valence-corrected chi connectivity index (χ1v) is 9.32. The molecule has 2 atom stereocenters. The summed E-state index contributed by atoms with van der Waals surface area (Å²) in [5.74, 6) is -2.38. The lowest BCUT2D eigenvalue weighted by atomic mass is 9.68.